The number of nitriles is 1. The SMILES string of the molecule is C=CCN(c1ccccc1OC)S(=O)(=O)c1cccc(C(=O)Nc2oc(-c3ccco3)c(-c3ccco3)c2C#N)c1. The van der Waals surface area contributed by atoms with Crippen LogP contribution >= 0.6 is 0 Å². The summed E-state index contributed by atoms with van der Waals surface area (Å²) < 4.78 is 50.8. The Morgan fingerprint density at radius 2 is 1.78 bits per heavy atom. The molecule has 5 rings (SSSR count). The lowest BCUT2D eigenvalue weighted by Crippen LogP contribution is -2.31. The molecule has 10 nitrogen and oxygen atoms in total. The average Bonchev–Trinajstić information content (AvgIpc) is 3.77. The third-order valence-electron chi connectivity index (χ3n) is 6.09. The number of hydrogen-bond donors (Lipinski definition) is 1. The second-order valence-corrected chi connectivity index (χ2v) is 10.4. The molecule has 0 atom stereocenters. The summed E-state index contributed by atoms with van der Waals surface area (Å²) in [6, 6.07) is 20.9. The number of benzene rings is 2. The van der Waals surface area contributed by atoms with Gasteiger partial charge in [-0.1, -0.05) is 24.3 Å². The Hall–Kier alpha value is -5.47. The first-order chi connectivity index (χ1) is 19.9. The Labute approximate surface area is 235 Å². The summed E-state index contributed by atoms with van der Waals surface area (Å²) in [5.74, 6) is 0.352. The van der Waals surface area contributed by atoms with Crippen LogP contribution in [0.5, 0.6) is 5.75 Å². The maximum Gasteiger partial charge on any atom is 0.264 e. The van der Waals surface area contributed by atoms with Gasteiger partial charge in [0.25, 0.3) is 15.9 Å². The van der Waals surface area contributed by atoms with Crippen molar-refractivity contribution in [2.45, 2.75) is 4.90 Å². The van der Waals surface area contributed by atoms with E-state index in [1.54, 1.807) is 48.5 Å². The highest BCUT2D eigenvalue weighted by Crippen LogP contribution is 2.42. The standard InChI is InChI=1S/C30H23N3O7S/c1-3-15-33(23-11-4-5-12-24(23)37-2)41(35,36)21-10-6-9-20(18-21)29(34)32-30-22(19-31)27(25-13-7-16-38-25)28(40-30)26-14-8-17-39-26/h3-14,16-18H,1,15H2,2H3,(H,32,34). The second-order valence-electron chi connectivity index (χ2n) is 8.56. The smallest absolute Gasteiger partial charge is 0.264 e. The number of carbonyl (C=O) groups is 1. The molecule has 0 bridgehead atoms. The zero-order chi connectivity index (χ0) is 29.0. The van der Waals surface area contributed by atoms with E-state index in [0.29, 0.717) is 28.5 Å². The molecule has 3 aromatic heterocycles. The summed E-state index contributed by atoms with van der Waals surface area (Å²) in [5.41, 5.74) is 0.645. The topological polar surface area (TPSA) is 139 Å². The number of amides is 1. The van der Waals surface area contributed by atoms with Gasteiger partial charge in [-0.15, -0.1) is 6.58 Å². The van der Waals surface area contributed by atoms with E-state index < -0.39 is 15.9 Å². The average molecular weight is 570 g/mol. The number of nitrogens with one attached hydrogen (secondary N) is 1. The highest BCUT2D eigenvalue weighted by molar-refractivity contribution is 7.92. The van der Waals surface area contributed by atoms with Gasteiger partial charge in [0, 0.05) is 5.56 Å². The van der Waals surface area contributed by atoms with E-state index in [2.05, 4.69) is 18.0 Å². The maximum absolute atomic E-state index is 13.7. The molecule has 3 heterocycles. The minimum absolute atomic E-state index is 0.0109. The minimum Gasteiger partial charge on any atom is -0.495 e. The molecule has 0 unspecified atom stereocenters. The van der Waals surface area contributed by atoms with Gasteiger partial charge in [-0.2, -0.15) is 5.26 Å². The summed E-state index contributed by atoms with van der Waals surface area (Å²) >= 11 is 0. The fourth-order valence-electron chi connectivity index (χ4n) is 4.24. The van der Waals surface area contributed by atoms with Crippen LogP contribution in [0.25, 0.3) is 22.8 Å². The first kappa shape index (κ1) is 27.1. The predicted octanol–water partition coefficient (Wildman–Crippen LogP) is 6.31. The van der Waals surface area contributed by atoms with Gasteiger partial charge in [-0.25, -0.2) is 8.42 Å². The fraction of sp³-hybridized carbons (Fsp3) is 0.0667. The number of sulfonamides is 1. The van der Waals surface area contributed by atoms with Crippen LogP contribution in [0.4, 0.5) is 11.6 Å². The monoisotopic (exact) mass is 569 g/mol. The van der Waals surface area contributed by atoms with Crippen LogP contribution in [0.15, 0.2) is 116 Å². The summed E-state index contributed by atoms with van der Waals surface area (Å²) in [7, 11) is -2.71. The van der Waals surface area contributed by atoms with Crippen LogP contribution < -0.4 is 14.4 Å². The van der Waals surface area contributed by atoms with Gasteiger partial charge >= 0.3 is 0 Å². The van der Waals surface area contributed by atoms with Crippen LogP contribution in [0.1, 0.15) is 15.9 Å². The van der Waals surface area contributed by atoms with Crippen LogP contribution in [0, 0.1) is 11.3 Å². The molecule has 0 aliphatic rings. The Kier molecular flexibility index (Phi) is 7.49. The van der Waals surface area contributed by atoms with Gasteiger partial charge in [-0.3, -0.25) is 14.4 Å². The highest BCUT2D eigenvalue weighted by Gasteiger charge is 2.29. The van der Waals surface area contributed by atoms with E-state index in [0.717, 1.165) is 4.31 Å². The van der Waals surface area contributed by atoms with Gasteiger partial charge < -0.3 is 18.0 Å². The fourth-order valence-corrected chi connectivity index (χ4v) is 5.73. The normalized spacial score (nSPS) is 11.0. The predicted molar refractivity (Wildman–Crippen MR) is 151 cm³/mol. The molecule has 0 saturated heterocycles. The number of ether oxygens (including phenoxy) is 1. The van der Waals surface area contributed by atoms with Crippen molar-refractivity contribution >= 4 is 27.5 Å². The number of furan rings is 3. The number of anilines is 2. The summed E-state index contributed by atoms with van der Waals surface area (Å²) in [4.78, 5) is 13.2. The quantitative estimate of drug-likeness (QED) is 0.193. The molecule has 0 radical (unpaired) electrons. The van der Waals surface area contributed by atoms with E-state index in [1.165, 1.54) is 50.0 Å². The summed E-state index contributed by atoms with van der Waals surface area (Å²) in [5, 5.41) is 12.6. The van der Waals surface area contributed by atoms with E-state index in [1.807, 2.05) is 0 Å². The number of hydrogen-bond acceptors (Lipinski definition) is 8. The number of nitrogens with zero attached hydrogens (tertiary/aromatic N) is 2. The molecule has 0 spiro atoms. The van der Waals surface area contributed by atoms with Crippen molar-refractivity contribution in [3.05, 3.63) is 109 Å². The lowest BCUT2D eigenvalue weighted by Gasteiger charge is -2.25. The molecular formula is C30H23N3O7S. The number of rotatable bonds is 10. The highest BCUT2D eigenvalue weighted by atomic mass is 32.2. The Morgan fingerprint density at radius 1 is 1.05 bits per heavy atom. The molecule has 0 aliphatic carbocycles. The molecule has 0 fully saturated rings. The zero-order valence-electron chi connectivity index (χ0n) is 21.7. The third-order valence-corrected chi connectivity index (χ3v) is 7.87. The molecule has 2 aromatic carbocycles. The van der Waals surface area contributed by atoms with Crippen LogP contribution in [0.2, 0.25) is 0 Å². The summed E-state index contributed by atoms with van der Waals surface area (Å²) in [6.07, 6.45) is 4.34. The second kappa shape index (κ2) is 11.3. The summed E-state index contributed by atoms with van der Waals surface area (Å²) in [6.45, 7) is 3.64. The molecule has 206 valence electrons. The van der Waals surface area contributed by atoms with Gasteiger partial charge in [0.2, 0.25) is 5.88 Å². The third kappa shape index (κ3) is 5.11. The molecule has 0 aliphatic heterocycles. The first-order valence-corrected chi connectivity index (χ1v) is 13.7. The molecule has 5 aromatic rings. The van der Waals surface area contributed by atoms with E-state index in [9.17, 15) is 18.5 Å². The molecule has 1 amide bonds. The van der Waals surface area contributed by atoms with Crippen molar-refractivity contribution in [1.82, 2.24) is 0 Å². The van der Waals surface area contributed by atoms with Gasteiger partial charge in [0.1, 0.15) is 23.1 Å². The number of carbonyl (C=O) groups excluding carboxylic acids is 1. The van der Waals surface area contributed by atoms with Crippen molar-refractivity contribution < 1.29 is 31.2 Å². The Morgan fingerprint density at radius 3 is 2.44 bits per heavy atom. The van der Waals surface area contributed by atoms with Crippen LogP contribution in [-0.2, 0) is 10.0 Å². The lowest BCUT2D eigenvalue weighted by atomic mass is 10.1. The van der Waals surface area contributed by atoms with Crippen molar-refractivity contribution in [3.8, 4) is 34.7 Å². The van der Waals surface area contributed by atoms with Gasteiger partial charge in [-0.05, 0) is 54.6 Å². The first-order valence-electron chi connectivity index (χ1n) is 12.2. The van der Waals surface area contributed by atoms with Crippen molar-refractivity contribution in [2.24, 2.45) is 0 Å². The Balaban J connectivity index is 1.51. The molecule has 11 heteroatoms. The molecule has 41 heavy (non-hydrogen) atoms. The molecular weight excluding hydrogens is 546 g/mol. The maximum atomic E-state index is 13.7. The van der Waals surface area contributed by atoms with Crippen molar-refractivity contribution in [2.75, 3.05) is 23.3 Å². The van der Waals surface area contributed by atoms with E-state index >= 15 is 0 Å². The largest absolute Gasteiger partial charge is 0.495 e. The van der Waals surface area contributed by atoms with Crippen LogP contribution in [0.3, 0.4) is 0 Å². The van der Waals surface area contributed by atoms with Crippen molar-refractivity contribution in [1.29, 1.82) is 5.26 Å². The molecule has 0 saturated carbocycles. The minimum atomic E-state index is -4.15. The van der Waals surface area contributed by atoms with E-state index in [4.69, 9.17) is 18.0 Å². The van der Waals surface area contributed by atoms with Crippen LogP contribution in [-0.4, -0.2) is 28.0 Å². The van der Waals surface area contributed by atoms with Gasteiger partial charge in [0.05, 0.1) is 42.3 Å². The zero-order valence-corrected chi connectivity index (χ0v) is 22.6. The number of methoxy groups -OCH3 is 1. The molecule has 1 N–H and O–H groups in total. The number of para-hydroxylation sites is 2. The Bertz CT molecular complexity index is 1850. The van der Waals surface area contributed by atoms with Gasteiger partial charge in [0.15, 0.2) is 11.5 Å². The van der Waals surface area contributed by atoms with Crippen molar-refractivity contribution in [3.63, 3.8) is 0 Å². The van der Waals surface area contributed by atoms with E-state index in [-0.39, 0.29) is 34.2 Å². The lowest BCUT2D eigenvalue weighted by molar-refractivity contribution is 0.102.